The number of ether oxygens (including phenoxy) is 2. The highest BCUT2D eigenvalue weighted by Crippen LogP contribution is 2.39. The zero-order valence-corrected chi connectivity index (χ0v) is 24.5. The number of hydrogen-bond acceptors (Lipinski definition) is 4. The van der Waals surface area contributed by atoms with Crippen molar-refractivity contribution in [1.29, 1.82) is 0 Å². The van der Waals surface area contributed by atoms with Crippen molar-refractivity contribution in [3.8, 4) is 5.75 Å². The van der Waals surface area contributed by atoms with Crippen molar-refractivity contribution < 1.29 is 14.3 Å². The Hall–Kier alpha value is -4.09. The van der Waals surface area contributed by atoms with Crippen LogP contribution in [0.5, 0.6) is 5.75 Å². The van der Waals surface area contributed by atoms with Gasteiger partial charge in [0.05, 0.1) is 25.7 Å². The number of hydrogen-bond donors (Lipinski definition) is 0. The molecule has 1 saturated heterocycles. The molecule has 5 heteroatoms. The molecular weight excluding hydrogens is 520 g/mol. The van der Waals surface area contributed by atoms with Crippen LogP contribution in [0.25, 0.3) is 0 Å². The molecule has 1 atom stereocenters. The lowest BCUT2D eigenvalue weighted by Gasteiger charge is -2.32. The quantitative estimate of drug-likeness (QED) is 0.215. The van der Waals surface area contributed by atoms with E-state index < -0.39 is 0 Å². The molecule has 4 aromatic rings. The summed E-state index contributed by atoms with van der Waals surface area (Å²) in [5.41, 5.74) is 7.96. The average Bonchev–Trinajstić information content (AvgIpc) is 3.07. The molecule has 42 heavy (non-hydrogen) atoms. The summed E-state index contributed by atoms with van der Waals surface area (Å²) >= 11 is 0. The van der Waals surface area contributed by atoms with Gasteiger partial charge in [-0.1, -0.05) is 73.7 Å². The molecule has 0 N–H and O–H groups in total. The molecule has 1 aliphatic heterocycles. The summed E-state index contributed by atoms with van der Waals surface area (Å²) in [6.07, 6.45) is 3.71. The topological polar surface area (TPSA) is 42.0 Å². The molecule has 1 fully saturated rings. The molecule has 5 nitrogen and oxygen atoms in total. The number of anilines is 2. The average molecular weight is 561 g/mol. The van der Waals surface area contributed by atoms with Crippen molar-refractivity contribution >= 4 is 17.3 Å². The van der Waals surface area contributed by atoms with Crippen molar-refractivity contribution in [3.05, 3.63) is 125 Å². The molecule has 0 radical (unpaired) electrons. The van der Waals surface area contributed by atoms with Gasteiger partial charge in [0.25, 0.3) is 0 Å². The number of carbonyl (C=O) groups is 1. The van der Waals surface area contributed by atoms with Crippen LogP contribution in [-0.2, 0) is 35.5 Å². The van der Waals surface area contributed by atoms with Gasteiger partial charge < -0.3 is 19.3 Å². The summed E-state index contributed by atoms with van der Waals surface area (Å²) < 4.78 is 11.8. The second-order valence-electron chi connectivity index (χ2n) is 11.3. The summed E-state index contributed by atoms with van der Waals surface area (Å²) in [4.78, 5) is 18.8. The molecule has 6 rings (SSSR count). The van der Waals surface area contributed by atoms with E-state index >= 15 is 0 Å². The first kappa shape index (κ1) is 28.0. The van der Waals surface area contributed by atoms with Crippen LogP contribution < -0.4 is 14.5 Å². The van der Waals surface area contributed by atoms with Crippen LogP contribution in [0.1, 0.15) is 53.5 Å². The standard InChI is InChI=1S/C37H40N2O3/c1-2-28-14-20-32(21-15-28)39(26-29-16-18-31(19-17-29)38-22-24-41-25-23-38)37(40)35-12-6-11-34-33(35)10-7-13-36(34)42-27-30-8-4-3-5-9-30/h3-5,7-10,13-21,35H,2,6,11-12,22-27H2,1H3. The number of benzene rings is 4. The van der Waals surface area contributed by atoms with E-state index in [2.05, 4.69) is 78.6 Å². The van der Waals surface area contributed by atoms with Gasteiger partial charge in [-0.05, 0) is 83.8 Å². The van der Waals surface area contributed by atoms with E-state index in [1.165, 1.54) is 16.8 Å². The fraction of sp³-hybridized carbons (Fsp3) is 0.324. The maximum Gasteiger partial charge on any atom is 0.234 e. The van der Waals surface area contributed by atoms with Crippen molar-refractivity contribution in [3.63, 3.8) is 0 Å². The van der Waals surface area contributed by atoms with Crippen LogP contribution >= 0.6 is 0 Å². The molecule has 1 aliphatic carbocycles. The van der Waals surface area contributed by atoms with Gasteiger partial charge in [0, 0.05) is 24.5 Å². The Morgan fingerprint density at radius 1 is 0.857 bits per heavy atom. The second-order valence-corrected chi connectivity index (χ2v) is 11.3. The first-order valence-electron chi connectivity index (χ1n) is 15.3. The van der Waals surface area contributed by atoms with Crippen LogP contribution in [0.3, 0.4) is 0 Å². The lowest BCUT2D eigenvalue weighted by atomic mass is 9.81. The Morgan fingerprint density at radius 2 is 1.60 bits per heavy atom. The number of aryl methyl sites for hydroxylation is 1. The Balaban J connectivity index is 1.26. The minimum atomic E-state index is -0.201. The lowest BCUT2D eigenvalue weighted by Crippen LogP contribution is -2.37. The third kappa shape index (κ3) is 6.37. The van der Waals surface area contributed by atoms with Crippen LogP contribution in [0.4, 0.5) is 11.4 Å². The Labute approximate surface area is 249 Å². The third-order valence-electron chi connectivity index (χ3n) is 8.58. The molecule has 0 saturated carbocycles. The second kappa shape index (κ2) is 13.3. The summed E-state index contributed by atoms with van der Waals surface area (Å²) in [6.45, 7) is 6.55. The number of rotatable bonds is 9. The SMILES string of the molecule is CCc1ccc(N(Cc2ccc(N3CCOCC3)cc2)C(=O)C2CCCc3c(OCc4ccccc4)cccc32)cc1. The summed E-state index contributed by atoms with van der Waals surface area (Å²) in [5.74, 6) is 0.844. The highest BCUT2D eigenvalue weighted by molar-refractivity contribution is 5.98. The van der Waals surface area contributed by atoms with Gasteiger partial charge in [-0.15, -0.1) is 0 Å². The Bertz CT molecular complexity index is 1460. The lowest BCUT2D eigenvalue weighted by molar-refractivity contribution is -0.120. The normalized spacial score (nSPS) is 16.5. The predicted octanol–water partition coefficient (Wildman–Crippen LogP) is 7.32. The third-order valence-corrected chi connectivity index (χ3v) is 8.58. The van der Waals surface area contributed by atoms with Gasteiger partial charge >= 0.3 is 0 Å². The molecule has 0 spiro atoms. The van der Waals surface area contributed by atoms with Gasteiger partial charge in [-0.25, -0.2) is 0 Å². The van der Waals surface area contributed by atoms with Gasteiger partial charge in [0.2, 0.25) is 5.91 Å². The minimum Gasteiger partial charge on any atom is -0.489 e. The van der Waals surface area contributed by atoms with Crippen molar-refractivity contribution in [1.82, 2.24) is 0 Å². The highest BCUT2D eigenvalue weighted by atomic mass is 16.5. The first-order valence-corrected chi connectivity index (χ1v) is 15.3. The fourth-order valence-corrected chi connectivity index (χ4v) is 6.15. The molecule has 0 aromatic heterocycles. The predicted molar refractivity (Wildman–Crippen MR) is 169 cm³/mol. The molecule has 2 aliphatic rings. The summed E-state index contributed by atoms with van der Waals surface area (Å²) in [5, 5.41) is 0. The van der Waals surface area contributed by atoms with Gasteiger partial charge in [0.15, 0.2) is 0 Å². The van der Waals surface area contributed by atoms with Crippen LogP contribution in [0.15, 0.2) is 97.1 Å². The smallest absolute Gasteiger partial charge is 0.234 e. The van der Waals surface area contributed by atoms with Gasteiger partial charge in [-0.2, -0.15) is 0 Å². The number of morpholine rings is 1. The molecule has 1 heterocycles. The van der Waals surface area contributed by atoms with Crippen LogP contribution in [0.2, 0.25) is 0 Å². The molecule has 1 amide bonds. The van der Waals surface area contributed by atoms with E-state index in [-0.39, 0.29) is 11.8 Å². The number of amides is 1. The van der Waals surface area contributed by atoms with E-state index in [1.54, 1.807) is 0 Å². The molecule has 0 bridgehead atoms. The van der Waals surface area contributed by atoms with Crippen molar-refractivity contribution in [2.45, 2.75) is 51.7 Å². The Kier molecular flexibility index (Phi) is 8.86. The number of carbonyl (C=O) groups excluding carboxylic acids is 1. The van der Waals surface area contributed by atoms with E-state index in [4.69, 9.17) is 9.47 Å². The highest BCUT2D eigenvalue weighted by Gasteiger charge is 2.32. The summed E-state index contributed by atoms with van der Waals surface area (Å²) in [7, 11) is 0. The number of fused-ring (bicyclic) bond motifs is 1. The molecule has 1 unspecified atom stereocenters. The monoisotopic (exact) mass is 560 g/mol. The first-order chi connectivity index (χ1) is 20.7. The summed E-state index contributed by atoms with van der Waals surface area (Å²) in [6, 6.07) is 33.6. The minimum absolute atomic E-state index is 0.151. The molecular formula is C37H40N2O3. The number of nitrogens with zero attached hydrogens (tertiary/aromatic N) is 2. The zero-order chi connectivity index (χ0) is 28.7. The van der Waals surface area contributed by atoms with Crippen LogP contribution in [-0.4, -0.2) is 32.2 Å². The van der Waals surface area contributed by atoms with E-state index in [0.717, 1.165) is 80.1 Å². The van der Waals surface area contributed by atoms with E-state index in [1.807, 2.05) is 35.2 Å². The Morgan fingerprint density at radius 3 is 2.33 bits per heavy atom. The zero-order valence-electron chi connectivity index (χ0n) is 24.5. The maximum atomic E-state index is 14.5. The van der Waals surface area contributed by atoms with Gasteiger partial charge in [-0.3, -0.25) is 4.79 Å². The van der Waals surface area contributed by atoms with Crippen molar-refractivity contribution in [2.24, 2.45) is 0 Å². The molecule has 216 valence electrons. The maximum absolute atomic E-state index is 14.5. The van der Waals surface area contributed by atoms with E-state index in [0.29, 0.717) is 13.2 Å². The van der Waals surface area contributed by atoms with Crippen molar-refractivity contribution in [2.75, 3.05) is 36.1 Å². The van der Waals surface area contributed by atoms with Crippen LogP contribution in [0, 0.1) is 0 Å². The largest absolute Gasteiger partial charge is 0.489 e. The molecule has 4 aromatic carbocycles. The van der Waals surface area contributed by atoms with E-state index in [9.17, 15) is 4.79 Å². The van der Waals surface area contributed by atoms with Gasteiger partial charge in [0.1, 0.15) is 12.4 Å². The fourth-order valence-electron chi connectivity index (χ4n) is 6.15.